The molecule has 0 spiro atoms. The van der Waals surface area contributed by atoms with Gasteiger partial charge in [0.2, 0.25) is 10.0 Å². The Balaban J connectivity index is 2.89. The van der Waals surface area contributed by atoms with Crippen molar-refractivity contribution < 1.29 is 12.8 Å². The number of sulfonamides is 1. The summed E-state index contributed by atoms with van der Waals surface area (Å²) in [5.41, 5.74) is -0.287. The van der Waals surface area contributed by atoms with E-state index in [1.807, 2.05) is 19.0 Å². The zero-order valence-corrected chi connectivity index (χ0v) is 11.0. The molecule has 0 fully saturated rings. The lowest BCUT2D eigenvalue weighted by molar-refractivity contribution is 0.412. The third-order valence-corrected chi connectivity index (χ3v) is 3.68. The van der Waals surface area contributed by atoms with Gasteiger partial charge in [-0.05, 0) is 32.3 Å². The first-order chi connectivity index (χ1) is 8.36. The Morgan fingerprint density at radius 3 is 2.67 bits per heavy atom. The second-order valence-corrected chi connectivity index (χ2v) is 5.72. The number of hydrogen-bond acceptors (Lipinski definition) is 4. The number of nitriles is 1. The SMILES string of the molecule is CN(C)CCNS(=O)(=O)c1ccc(F)c(C#N)c1. The zero-order valence-electron chi connectivity index (χ0n) is 10.1. The molecular weight excluding hydrogens is 257 g/mol. The highest BCUT2D eigenvalue weighted by Crippen LogP contribution is 2.14. The molecule has 7 heteroatoms. The summed E-state index contributed by atoms with van der Waals surface area (Å²) in [4.78, 5) is 1.72. The van der Waals surface area contributed by atoms with Crippen LogP contribution in [0.1, 0.15) is 5.56 Å². The molecule has 0 bridgehead atoms. The van der Waals surface area contributed by atoms with Gasteiger partial charge in [-0.25, -0.2) is 17.5 Å². The molecule has 0 atom stereocenters. The van der Waals surface area contributed by atoms with Gasteiger partial charge in [0.15, 0.2) is 0 Å². The standard InChI is InChI=1S/C11H14FN3O2S/c1-15(2)6-5-14-18(16,17)10-3-4-11(12)9(7-10)8-13/h3-4,7,14H,5-6H2,1-2H3. The molecular formula is C11H14FN3O2S. The van der Waals surface area contributed by atoms with Crippen LogP contribution in [0.5, 0.6) is 0 Å². The Hall–Kier alpha value is -1.49. The maximum atomic E-state index is 13.1. The monoisotopic (exact) mass is 271 g/mol. The van der Waals surface area contributed by atoms with E-state index in [1.165, 1.54) is 0 Å². The number of nitrogens with zero attached hydrogens (tertiary/aromatic N) is 2. The largest absolute Gasteiger partial charge is 0.308 e. The van der Waals surface area contributed by atoms with Crippen molar-refractivity contribution in [3.8, 4) is 6.07 Å². The van der Waals surface area contributed by atoms with E-state index in [-0.39, 0.29) is 17.0 Å². The van der Waals surface area contributed by atoms with Crippen molar-refractivity contribution in [1.29, 1.82) is 5.26 Å². The van der Waals surface area contributed by atoms with Crippen LogP contribution >= 0.6 is 0 Å². The van der Waals surface area contributed by atoms with Crippen LogP contribution in [-0.2, 0) is 10.0 Å². The van der Waals surface area contributed by atoms with E-state index in [0.29, 0.717) is 6.54 Å². The average Bonchev–Trinajstić information content (AvgIpc) is 2.28. The van der Waals surface area contributed by atoms with Crippen LogP contribution in [0.3, 0.4) is 0 Å². The van der Waals surface area contributed by atoms with Gasteiger partial charge in [0.05, 0.1) is 10.5 Å². The lowest BCUT2D eigenvalue weighted by atomic mass is 10.2. The van der Waals surface area contributed by atoms with Gasteiger partial charge in [-0.2, -0.15) is 5.26 Å². The highest BCUT2D eigenvalue weighted by molar-refractivity contribution is 7.89. The molecule has 0 saturated carbocycles. The van der Waals surface area contributed by atoms with Gasteiger partial charge in [0.25, 0.3) is 0 Å². The highest BCUT2D eigenvalue weighted by atomic mass is 32.2. The number of likely N-dealkylation sites (N-methyl/N-ethyl adjacent to an activating group) is 1. The molecule has 1 aromatic rings. The van der Waals surface area contributed by atoms with Crippen LogP contribution in [0.2, 0.25) is 0 Å². The molecule has 5 nitrogen and oxygen atoms in total. The predicted molar refractivity (Wildman–Crippen MR) is 64.9 cm³/mol. The normalized spacial score (nSPS) is 11.5. The Kier molecular flexibility index (Phi) is 4.78. The van der Waals surface area contributed by atoms with Crippen molar-refractivity contribution in [1.82, 2.24) is 9.62 Å². The average molecular weight is 271 g/mol. The zero-order chi connectivity index (χ0) is 13.8. The van der Waals surface area contributed by atoms with E-state index in [1.54, 1.807) is 6.07 Å². The molecule has 0 unspecified atom stereocenters. The van der Waals surface area contributed by atoms with E-state index >= 15 is 0 Å². The minimum atomic E-state index is -3.70. The molecule has 0 aromatic heterocycles. The van der Waals surface area contributed by atoms with E-state index in [2.05, 4.69) is 4.72 Å². The molecule has 1 aromatic carbocycles. The molecule has 0 heterocycles. The van der Waals surface area contributed by atoms with Crippen molar-refractivity contribution in [3.05, 3.63) is 29.6 Å². The minimum Gasteiger partial charge on any atom is -0.308 e. The molecule has 18 heavy (non-hydrogen) atoms. The molecule has 98 valence electrons. The van der Waals surface area contributed by atoms with Crippen LogP contribution in [-0.4, -0.2) is 40.5 Å². The third-order valence-electron chi connectivity index (χ3n) is 2.22. The lowest BCUT2D eigenvalue weighted by Crippen LogP contribution is -2.31. The Bertz CT molecular complexity index is 564. The topological polar surface area (TPSA) is 73.2 Å². The number of nitrogens with one attached hydrogen (secondary N) is 1. The van der Waals surface area contributed by atoms with Crippen molar-refractivity contribution in [2.24, 2.45) is 0 Å². The highest BCUT2D eigenvalue weighted by Gasteiger charge is 2.15. The Morgan fingerprint density at radius 2 is 2.11 bits per heavy atom. The summed E-state index contributed by atoms with van der Waals surface area (Å²) in [6.07, 6.45) is 0. The van der Waals surface area contributed by atoms with Gasteiger partial charge >= 0.3 is 0 Å². The van der Waals surface area contributed by atoms with Gasteiger partial charge < -0.3 is 4.90 Å². The summed E-state index contributed by atoms with van der Waals surface area (Å²) < 4.78 is 39.1. The van der Waals surface area contributed by atoms with E-state index in [9.17, 15) is 12.8 Å². The van der Waals surface area contributed by atoms with Gasteiger partial charge in [0.1, 0.15) is 11.9 Å². The Morgan fingerprint density at radius 1 is 1.44 bits per heavy atom. The number of benzene rings is 1. The molecule has 0 aliphatic rings. The summed E-state index contributed by atoms with van der Waals surface area (Å²) in [7, 11) is -0.0609. The summed E-state index contributed by atoms with van der Waals surface area (Å²) in [5.74, 6) is -0.732. The van der Waals surface area contributed by atoms with Gasteiger partial charge in [-0.1, -0.05) is 0 Å². The summed E-state index contributed by atoms with van der Waals surface area (Å²) in [5, 5.41) is 8.65. The first-order valence-electron chi connectivity index (χ1n) is 5.21. The fourth-order valence-corrected chi connectivity index (χ4v) is 2.29. The van der Waals surface area contributed by atoms with Crippen molar-refractivity contribution in [3.63, 3.8) is 0 Å². The molecule has 1 rings (SSSR count). The van der Waals surface area contributed by atoms with Crippen LogP contribution in [0, 0.1) is 17.1 Å². The number of rotatable bonds is 5. The summed E-state index contributed by atoms with van der Waals surface area (Å²) >= 11 is 0. The molecule has 1 N–H and O–H groups in total. The van der Waals surface area contributed by atoms with E-state index in [0.717, 1.165) is 18.2 Å². The van der Waals surface area contributed by atoms with E-state index < -0.39 is 15.8 Å². The van der Waals surface area contributed by atoms with Crippen molar-refractivity contribution in [2.45, 2.75) is 4.90 Å². The van der Waals surface area contributed by atoms with Crippen molar-refractivity contribution >= 4 is 10.0 Å². The maximum Gasteiger partial charge on any atom is 0.240 e. The van der Waals surface area contributed by atoms with Crippen LogP contribution in [0.25, 0.3) is 0 Å². The molecule has 0 aliphatic carbocycles. The number of halogens is 1. The minimum absolute atomic E-state index is 0.112. The van der Waals surface area contributed by atoms with Crippen LogP contribution < -0.4 is 4.72 Å². The predicted octanol–water partition coefficient (Wildman–Crippen LogP) is 0.537. The quantitative estimate of drug-likeness (QED) is 0.848. The van der Waals surface area contributed by atoms with Gasteiger partial charge in [0, 0.05) is 13.1 Å². The number of hydrogen-bond donors (Lipinski definition) is 1. The third kappa shape index (κ3) is 3.77. The lowest BCUT2D eigenvalue weighted by Gasteiger charge is -2.11. The molecule has 0 radical (unpaired) electrons. The fourth-order valence-electron chi connectivity index (χ4n) is 1.24. The Labute approximate surface area is 106 Å². The molecule has 0 amide bonds. The second-order valence-electron chi connectivity index (χ2n) is 3.95. The van der Waals surface area contributed by atoms with E-state index in [4.69, 9.17) is 5.26 Å². The first kappa shape index (κ1) is 14.6. The van der Waals surface area contributed by atoms with Crippen molar-refractivity contribution in [2.75, 3.05) is 27.2 Å². The maximum absolute atomic E-state index is 13.1. The van der Waals surface area contributed by atoms with Crippen LogP contribution in [0.15, 0.2) is 23.1 Å². The van der Waals surface area contributed by atoms with Crippen LogP contribution in [0.4, 0.5) is 4.39 Å². The first-order valence-corrected chi connectivity index (χ1v) is 6.69. The second kappa shape index (κ2) is 5.91. The van der Waals surface area contributed by atoms with Gasteiger partial charge in [-0.3, -0.25) is 0 Å². The summed E-state index contributed by atoms with van der Waals surface area (Å²) in [6.45, 7) is 0.792. The molecule has 0 saturated heterocycles. The summed E-state index contributed by atoms with van der Waals surface area (Å²) in [6, 6.07) is 4.73. The van der Waals surface area contributed by atoms with Gasteiger partial charge in [-0.15, -0.1) is 0 Å². The molecule has 0 aliphatic heterocycles. The smallest absolute Gasteiger partial charge is 0.240 e. The fraction of sp³-hybridized carbons (Fsp3) is 0.364.